The van der Waals surface area contributed by atoms with Gasteiger partial charge in [0.15, 0.2) is 0 Å². The lowest BCUT2D eigenvalue weighted by Crippen LogP contribution is -2.32. The number of aromatic nitrogens is 2. The summed E-state index contributed by atoms with van der Waals surface area (Å²) in [6.07, 6.45) is 0.0808. The van der Waals surface area contributed by atoms with Crippen molar-refractivity contribution in [2.75, 3.05) is 0 Å². The van der Waals surface area contributed by atoms with Crippen LogP contribution in [0.25, 0.3) is 0 Å². The second-order valence-electron chi connectivity index (χ2n) is 6.67. The molecule has 1 N–H and O–H groups in total. The highest BCUT2D eigenvalue weighted by Crippen LogP contribution is 2.41. The first-order chi connectivity index (χ1) is 12.0. The molecule has 1 aliphatic rings. The van der Waals surface area contributed by atoms with Crippen LogP contribution >= 0.6 is 0 Å². The molecule has 25 heavy (non-hydrogen) atoms. The highest BCUT2D eigenvalue weighted by molar-refractivity contribution is 5.76. The Morgan fingerprint density at radius 2 is 2.00 bits per heavy atom. The number of carbonyl (C=O) groups is 1. The Bertz CT molecular complexity index is 736. The molecular weight excluding hydrogens is 324 g/mol. The molecule has 1 amide bonds. The van der Waals surface area contributed by atoms with E-state index in [9.17, 15) is 13.6 Å². The number of alkyl halides is 2. The Labute approximate surface area is 146 Å². The maximum atomic E-state index is 12.9. The molecule has 4 nitrogen and oxygen atoms in total. The molecule has 1 heterocycles. The number of nitrogens with one attached hydrogen (secondary N) is 1. The van der Waals surface area contributed by atoms with E-state index in [4.69, 9.17) is 0 Å². The highest BCUT2D eigenvalue weighted by Gasteiger charge is 2.30. The average molecular weight is 347 g/mol. The molecule has 0 radical (unpaired) electrons. The van der Waals surface area contributed by atoms with Crippen LogP contribution in [0.15, 0.2) is 30.3 Å². The van der Waals surface area contributed by atoms with E-state index in [0.29, 0.717) is 0 Å². The number of halogens is 2. The second kappa shape index (κ2) is 7.33. The second-order valence-corrected chi connectivity index (χ2v) is 6.67. The number of hydrogen-bond acceptors (Lipinski definition) is 2. The summed E-state index contributed by atoms with van der Waals surface area (Å²) in [4.78, 5) is 12.4. The van der Waals surface area contributed by atoms with Crippen LogP contribution in [0.2, 0.25) is 0 Å². The molecule has 3 rings (SSSR count). The SMILES string of the molecule is CCC(NC(=O)Cn1nc(C(F)F)cc1C1CC1)c1ccc(C)cc1. The lowest BCUT2D eigenvalue weighted by Gasteiger charge is -2.18. The lowest BCUT2D eigenvalue weighted by atomic mass is 10.0. The smallest absolute Gasteiger partial charge is 0.282 e. The Kier molecular flexibility index (Phi) is 5.16. The van der Waals surface area contributed by atoms with Gasteiger partial charge in [0.2, 0.25) is 5.91 Å². The van der Waals surface area contributed by atoms with Gasteiger partial charge in [-0.2, -0.15) is 5.10 Å². The summed E-state index contributed by atoms with van der Waals surface area (Å²) in [5.41, 5.74) is 2.70. The Morgan fingerprint density at radius 1 is 1.32 bits per heavy atom. The number of nitrogens with zero attached hydrogens (tertiary/aromatic N) is 2. The zero-order valence-corrected chi connectivity index (χ0v) is 14.5. The van der Waals surface area contributed by atoms with E-state index in [-0.39, 0.29) is 30.1 Å². The van der Waals surface area contributed by atoms with Crippen LogP contribution in [0.3, 0.4) is 0 Å². The Hall–Kier alpha value is -2.24. The van der Waals surface area contributed by atoms with E-state index in [1.807, 2.05) is 38.1 Å². The molecule has 1 aliphatic carbocycles. The first kappa shape index (κ1) is 17.6. The van der Waals surface area contributed by atoms with Gasteiger partial charge in [-0.05, 0) is 37.8 Å². The van der Waals surface area contributed by atoms with Crippen molar-refractivity contribution >= 4 is 5.91 Å². The molecular formula is C19H23F2N3O. The maximum Gasteiger partial charge on any atom is 0.282 e. The van der Waals surface area contributed by atoms with Gasteiger partial charge in [-0.3, -0.25) is 9.48 Å². The van der Waals surface area contributed by atoms with Crippen LogP contribution in [-0.4, -0.2) is 15.7 Å². The van der Waals surface area contributed by atoms with Crippen LogP contribution < -0.4 is 5.32 Å². The zero-order chi connectivity index (χ0) is 18.0. The van der Waals surface area contributed by atoms with Crippen molar-refractivity contribution in [1.29, 1.82) is 0 Å². The molecule has 2 aromatic rings. The van der Waals surface area contributed by atoms with E-state index in [1.54, 1.807) is 0 Å². The fourth-order valence-corrected chi connectivity index (χ4v) is 2.99. The molecule has 1 atom stereocenters. The van der Waals surface area contributed by atoms with Crippen LogP contribution in [0.1, 0.15) is 67.1 Å². The lowest BCUT2D eigenvalue weighted by molar-refractivity contribution is -0.122. The number of hydrogen-bond donors (Lipinski definition) is 1. The van der Waals surface area contributed by atoms with Crippen molar-refractivity contribution in [2.24, 2.45) is 0 Å². The standard InChI is InChI=1S/C19H23F2N3O/c1-3-15(13-6-4-12(2)5-7-13)22-18(25)11-24-17(14-8-9-14)10-16(23-24)19(20)21/h4-7,10,14-15,19H,3,8-9,11H2,1-2H3,(H,22,25). The van der Waals surface area contributed by atoms with Crippen molar-refractivity contribution < 1.29 is 13.6 Å². The van der Waals surface area contributed by atoms with E-state index in [2.05, 4.69) is 10.4 Å². The minimum Gasteiger partial charge on any atom is -0.348 e. The molecule has 1 fully saturated rings. The van der Waals surface area contributed by atoms with Gasteiger partial charge in [0.1, 0.15) is 12.2 Å². The van der Waals surface area contributed by atoms with Crippen LogP contribution in [0.5, 0.6) is 0 Å². The molecule has 1 aromatic heterocycles. The highest BCUT2D eigenvalue weighted by atomic mass is 19.3. The van der Waals surface area contributed by atoms with Gasteiger partial charge in [0, 0.05) is 11.6 Å². The van der Waals surface area contributed by atoms with E-state index < -0.39 is 6.43 Å². The van der Waals surface area contributed by atoms with Gasteiger partial charge < -0.3 is 5.32 Å². The molecule has 0 aliphatic heterocycles. The van der Waals surface area contributed by atoms with Crippen LogP contribution in [0.4, 0.5) is 8.78 Å². The third-order valence-corrected chi connectivity index (χ3v) is 4.57. The zero-order valence-electron chi connectivity index (χ0n) is 14.5. The fourth-order valence-electron chi connectivity index (χ4n) is 2.99. The van der Waals surface area contributed by atoms with Crippen molar-refractivity contribution in [3.8, 4) is 0 Å². The van der Waals surface area contributed by atoms with Crippen LogP contribution in [-0.2, 0) is 11.3 Å². The summed E-state index contributed by atoms with van der Waals surface area (Å²) < 4.78 is 27.3. The summed E-state index contributed by atoms with van der Waals surface area (Å²) >= 11 is 0. The predicted octanol–water partition coefficient (Wildman–Crippen LogP) is 4.27. The predicted molar refractivity (Wildman–Crippen MR) is 91.5 cm³/mol. The molecule has 1 unspecified atom stereocenters. The third-order valence-electron chi connectivity index (χ3n) is 4.57. The van der Waals surface area contributed by atoms with Gasteiger partial charge in [-0.25, -0.2) is 8.78 Å². The van der Waals surface area contributed by atoms with E-state index in [0.717, 1.165) is 36.1 Å². The Balaban J connectivity index is 1.70. The minimum atomic E-state index is -2.61. The number of aryl methyl sites for hydroxylation is 1. The Morgan fingerprint density at radius 3 is 2.56 bits per heavy atom. The third kappa shape index (κ3) is 4.24. The van der Waals surface area contributed by atoms with Gasteiger partial charge in [-0.15, -0.1) is 0 Å². The molecule has 6 heteroatoms. The van der Waals surface area contributed by atoms with Gasteiger partial charge in [-0.1, -0.05) is 36.8 Å². The van der Waals surface area contributed by atoms with Crippen molar-refractivity contribution in [3.05, 3.63) is 52.8 Å². The van der Waals surface area contributed by atoms with Crippen molar-refractivity contribution in [1.82, 2.24) is 15.1 Å². The topological polar surface area (TPSA) is 46.9 Å². The quantitative estimate of drug-likeness (QED) is 0.813. The monoisotopic (exact) mass is 347 g/mol. The first-order valence-electron chi connectivity index (χ1n) is 8.69. The number of rotatable bonds is 7. The van der Waals surface area contributed by atoms with Gasteiger partial charge in [0.25, 0.3) is 6.43 Å². The summed E-state index contributed by atoms with van der Waals surface area (Å²) in [5.74, 6) is 0.0464. The molecule has 0 saturated heterocycles. The van der Waals surface area contributed by atoms with Gasteiger partial charge in [0.05, 0.1) is 6.04 Å². The summed E-state index contributed by atoms with van der Waals surface area (Å²) in [6, 6.07) is 9.37. The first-order valence-corrected chi connectivity index (χ1v) is 8.69. The summed E-state index contributed by atoms with van der Waals surface area (Å²) in [7, 11) is 0. The number of benzene rings is 1. The number of carbonyl (C=O) groups excluding carboxylic acids is 1. The van der Waals surface area contributed by atoms with E-state index in [1.165, 1.54) is 10.7 Å². The molecule has 1 aromatic carbocycles. The molecule has 0 bridgehead atoms. The normalized spacial score (nSPS) is 15.4. The van der Waals surface area contributed by atoms with E-state index >= 15 is 0 Å². The average Bonchev–Trinajstić information content (AvgIpc) is 3.34. The number of amides is 1. The molecule has 0 spiro atoms. The van der Waals surface area contributed by atoms with Crippen molar-refractivity contribution in [3.63, 3.8) is 0 Å². The minimum absolute atomic E-state index is 0.0269. The molecule has 1 saturated carbocycles. The summed E-state index contributed by atoms with van der Waals surface area (Å²) in [5, 5.41) is 6.92. The van der Waals surface area contributed by atoms with Crippen molar-refractivity contribution in [2.45, 2.75) is 58.0 Å². The molecule has 134 valence electrons. The summed E-state index contributed by atoms with van der Waals surface area (Å²) in [6.45, 7) is 3.99. The fraction of sp³-hybridized carbons (Fsp3) is 0.474. The van der Waals surface area contributed by atoms with Crippen LogP contribution in [0, 0.1) is 6.92 Å². The maximum absolute atomic E-state index is 12.9. The largest absolute Gasteiger partial charge is 0.348 e. The van der Waals surface area contributed by atoms with Gasteiger partial charge >= 0.3 is 0 Å².